The number of aromatic nitrogens is 1. The van der Waals surface area contributed by atoms with Gasteiger partial charge >= 0.3 is 0 Å². The molecule has 1 aromatic rings. The molecule has 1 atom stereocenters. The minimum absolute atomic E-state index is 0.486. The second kappa shape index (κ2) is 4.26. The molecule has 0 saturated carbocycles. The van der Waals surface area contributed by atoms with Crippen LogP contribution in [-0.2, 0) is 0 Å². The molecule has 14 heavy (non-hydrogen) atoms. The van der Waals surface area contributed by atoms with Gasteiger partial charge in [0.15, 0.2) is 0 Å². The van der Waals surface area contributed by atoms with E-state index >= 15 is 0 Å². The molecule has 1 unspecified atom stereocenters. The molecule has 0 amide bonds. The largest absolute Gasteiger partial charge is 0.285 e. The smallest absolute Gasteiger partial charge is 0.0604 e. The van der Waals surface area contributed by atoms with Crippen molar-refractivity contribution in [2.45, 2.75) is 18.9 Å². The fourth-order valence-electron chi connectivity index (χ4n) is 2.08. The van der Waals surface area contributed by atoms with Gasteiger partial charge in [-0.2, -0.15) is 0 Å². The van der Waals surface area contributed by atoms with Gasteiger partial charge in [-0.1, -0.05) is 12.0 Å². The van der Waals surface area contributed by atoms with Crippen molar-refractivity contribution in [3.05, 3.63) is 30.1 Å². The van der Waals surface area contributed by atoms with Gasteiger partial charge in [0.25, 0.3) is 0 Å². The highest BCUT2D eigenvalue weighted by molar-refractivity contribution is 5.16. The summed E-state index contributed by atoms with van der Waals surface area (Å²) in [5.41, 5.74) is 1.29. The van der Waals surface area contributed by atoms with Crippen molar-refractivity contribution >= 4 is 0 Å². The summed E-state index contributed by atoms with van der Waals surface area (Å²) in [5, 5.41) is 0. The molecule has 2 heteroatoms. The lowest BCUT2D eigenvalue weighted by Crippen LogP contribution is -2.23. The van der Waals surface area contributed by atoms with Crippen LogP contribution in [0, 0.1) is 12.3 Å². The van der Waals surface area contributed by atoms with Crippen LogP contribution in [0.5, 0.6) is 0 Å². The molecule has 1 aliphatic rings. The van der Waals surface area contributed by atoms with Crippen LogP contribution in [0.25, 0.3) is 0 Å². The Hall–Kier alpha value is -1.33. The van der Waals surface area contributed by atoms with Crippen molar-refractivity contribution in [1.29, 1.82) is 0 Å². The van der Waals surface area contributed by atoms with E-state index in [1.807, 2.05) is 18.5 Å². The normalized spacial score (nSPS) is 22.1. The van der Waals surface area contributed by atoms with Crippen molar-refractivity contribution in [3.63, 3.8) is 0 Å². The summed E-state index contributed by atoms with van der Waals surface area (Å²) in [6, 6.07) is 4.61. The molecule has 1 aromatic heterocycles. The molecule has 2 nitrogen and oxygen atoms in total. The number of likely N-dealkylation sites (tertiary alicyclic amines) is 1. The third kappa shape index (κ3) is 1.78. The summed E-state index contributed by atoms with van der Waals surface area (Å²) in [5.74, 6) is 2.71. The van der Waals surface area contributed by atoms with Crippen LogP contribution in [0.3, 0.4) is 0 Å². The first-order valence-corrected chi connectivity index (χ1v) is 4.99. The van der Waals surface area contributed by atoms with E-state index in [1.165, 1.54) is 18.4 Å². The van der Waals surface area contributed by atoms with Crippen LogP contribution in [0.1, 0.15) is 24.4 Å². The Kier molecular flexibility index (Phi) is 2.81. The molecule has 0 aromatic carbocycles. The summed E-state index contributed by atoms with van der Waals surface area (Å²) < 4.78 is 0. The van der Waals surface area contributed by atoms with Crippen LogP contribution in [0.4, 0.5) is 0 Å². The van der Waals surface area contributed by atoms with E-state index in [0.717, 1.165) is 13.1 Å². The third-order valence-corrected chi connectivity index (χ3v) is 2.73. The summed E-state index contributed by atoms with van der Waals surface area (Å²) in [4.78, 5) is 6.49. The maximum Gasteiger partial charge on any atom is 0.0604 e. The molecule has 1 aliphatic heterocycles. The van der Waals surface area contributed by atoms with Gasteiger partial charge < -0.3 is 0 Å². The Labute approximate surface area is 85.0 Å². The molecule has 1 saturated heterocycles. The summed E-state index contributed by atoms with van der Waals surface area (Å²) in [6.45, 7) is 1.86. The van der Waals surface area contributed by atoms with Gasteiger partial charge in [0, 0.05) is 18.4 Å². The Morgan fingerprint density at radius 2 is 2.57 bits per heavy atom. The molecule has 0 spiro atoms. The molecule has 0 aliphatic carbocycles. The minimum Gasteiger partial charge on any atom is -0.285 e. The van der Waals surface area contributed by atoms with Gasteiger partial charge in [0.2, 0.25) is 0 Å². The zero-order valence-corrected chi connectivity index (χ0v) is 8.19. The fraction of sp³-hybridized carbons (Fsp3) is 0.417. The first-order chi connectivity index (χ1) is 6.92. The van der Waals surface area contributed by atoms with Gasteiger partial charge in [-0.05, 0) is 31.0 Å². The van der Waals surface area contributed by atoms with E-state index in [-0.39, 0.29) is 0 Å². The van der Waals surface area contributed by atoms with E-state index in [4.69, 9.17) is 6.42 Å². The van der Waals surface area contributed by atoms with Gasteiger partial charge in [0.1, 0.15) is 0 Å². The molecule has 0 bridgehead atoms. The average molecular weight is 186 g/mol. The number of pyridine rings is 1. The molecule has 0 N–H and O–H groups in total. The molecule has 72 valence electrons. The maximum absolute atomic E-state index is 5.34. The van der Waals surface area contributed by atoms with E-state index < -0.39 is 0 Å². The highest BCUT2D eigenvalue weighted by atomic mass is 15.2. The van der Waals surface area contributed by atoms with Crippen molar-refractivity contribution < 1.29 is 0 Å². The van der Waals surface area contributed by atoms with E-state index in [1.54, 1.807) is 0 Å². The average Bonchev–Trinajstić information content (AvgIpc) is 2.68. The lowest BCUT2D eigenvalue weighted by molar-refractivity contribution is 0.289. The number of hydrogen-bond acceptors (Lipinski definition) is 2. The maximum atomic E-state index is 5.34. The number of nitrogens with zero attached hydrogens (tertiary/aromatic N) is 2. The fourth-order valence-corrected chi connectivity index (χ4v) is 2.08. The number of rotatable bonds is 2. The predicted molar refractivity (Wildman–Crippen MR) is 56.6 cm³/mol. The molecular formula is C12H14N2. The Morgan fingerprint density at radius 1 is 1.64 bits per heavy atom. The zero-order valence-electron chi connectivity index (χ0n) is 8.19. The highest BCUT2D eigenvalue weighted by Gasteiger charge is 2.24. The van der Waals surface area contributed by atoms with Crippen LogP contribution in [0.2, 0.25) is 0 Å². The highest BCUT2D eigenvalue weighted by Crippen LogP contribution is 2.30. The monoisotopic (exact) mass is 186 g/mol. The standard InChI is InChI=1S/C12H14N2/c1-2-8-14-9-4-6-12(14)11-5-3-7-13-10-11/h1,3,5,7,10,12H,4,6,8-9H2. The minimum atomic E-state index is 0.486. The Morgan fingerprint density at radius 3 is 3.29 bits per heavy atom. The topological polar surface area (TPSA) is 16.1 Å². The van der Waals surface area contributed by atoms with Crippen molar-refractivity contribution in [2.75, 3.05) is 13.1 Å². The van der Waals surface area contributed by atoms with Gasteiger partial charge in [-0.25, -0.2) is 0 Å². The summed E-state index contributed by atoms with van der Waals surface area (Å²) in [6.07, 6.45) is 11.5. The van der Waals surface area contributed by atoms with Crippen LogP contribution < -0.4 is 0 Å². The van der Waals surface area contributed by atoms with Crippen molar-refractivity contribution in [1.82, 2.24) is 9.88 Å². The van der Waals surface area contributed by atoms with Crippen LogP contribution >= 0.6 is 0 Å². The number of hydrogen-bond donors (Lipinski definition) is 0. The molecule has 1 fully saturated rings. The van der Waals surface area contributed by atoms with Gasteiger partial charge in [-0.15, -0.1) is 6.42 Å². The van der Waals surface area contributed by atoms with E-state index in [0.29, 0.717) is 6.04 Å². The first kappa shape index (κ1) is 9.23. The molecule has 0 radical (unpaired) electrons. The Balaban J connectivity index is 2.14. The van der Waals surface area contributed by atoms with Gasteiger partial charge in [0.05, 0.1) is 6.54 Å². The lowest BCUT2D eigenvalue weighted by atomic mass is 10.1. The van der Waals surface area contributed by atoms with E-state index in [9.17, 15) is 0 Å². The van der Waals surface area contributed by atoms with E-state index in [2.05, 4.69) is 21.9 Å². The first-order valence-electron chi connectivity index (χ1n) is 4.99. The third-order valence-electron chi connectivity index (χ3n) is 2.73. The quantitative estimate of drug-likeness (QED) is 0.655. The summed E-state index contributed by atoms with van der Waals surface area (Å²) >= 11 is 0. The second-order valence-corrected chi connectivity index (χ2v) is 3.62. The zero-order chi connectivity index (χ0) is 9.80. The summed E-state index contributed by atoms with van der Waals surface area (Å²) in [7, 11) is 0. The number of terminal acetylenes is 1. The molecule has 2 rings (SSSR count). The predicted octanol–water partition coefficient (Wildman–Crippen LogP) is 1.85. The van der Waals surface area contributed by atoms with Crippen molar-refractivity contribution in [2.24, 2.45) is 0 Å². The van der Waals surface area contributed by atoms with Crippen molar-refractivity contribution in [3.8, 4) is 12.3 Å². The Bertz CT molecular complexity index is 326. The SMILES string of the molecule is C#CCN1CCCC1c1cccnc1. The van der Waals surface area contributed by atoms with Crippen LogP contribution in [0.15, 0.2) is 24.5 Å². The molecular weight excluding hydrogens is 172 g/mol. The van der Waals surface area contributed by atoms with Crippen LogP contribution in [-0.4, -0.2) is 23.0 Å². The van der Waals surface area contributed by atoms with Gasteiger partial charge in [-0.3, -0.25) is 9.88 Å². The second-order valence-electron chi connectivity index (χ2n) is 3.62. The molecule has 2 heterocycles. The lowest BCUT2D eigenvalue weighted by Gasteiger charge is -2.21.